The van der Waals surface area contributed by atoms with Crippen molar-refractivity contribution in [2.75, 3.05) is 4.90 Å². The standard InChI is InChI=1S/C25H18BrClN2O3/c1-15-6-2-5-9-22(15)29-24(31)19(23(30)28-25(29)32)12-16-10-11-18(21(27)13-16)14-17-7-3-4-8-20(17)26/h2-13H,14H2,1H3,(H,28,30,32)/b19-12+. The Kier molecular flexibility index (Phi) is 6.26. The van der Waals surface area contributed by atoms with Gasteiger partial charge in [0.2, 0.25) is 0 Å². The lowest BCUT2D eigenvalue weighted by Crippen LogP contribution is -2.54. The fraction of sp³-hybridized carbons (Fsp3) is 0.0800. The first-order valence-electron chi connectivity index (χ1n) is 9.84. The third-order valence-corrected chi connectivity index (χ3v) is 6.31. The highest BCUT2D eigenvalue weighted by Crippen LogP contribution is 2.28. The molecule has 0 aliphatic carbocycles. The molecule has 0 atom stereocenters. The average Bonchev–Trinajstić information content (AvgIpc) is 2.75. The van der Waals surface area contributed by atoms with Crippen LogP contribution in [-0.4, -0.2) is 17.8 Å². The Bertz CT molecular complexity index is 1290. The molecule has 1 saturated heterocycles. The maximum Gasteiger partial charge on any atom is 0.335 e. The molecule has 7 heteroatoms. The molecule has 0 bridgehead atoms. The summed E-state index contributed by atoms with van der Waals surface area (Å²) in [5.74, 6) is -1.42. The van der Waals surface area contributed by atoms with Crippen LogP contribution in [0.25, 0.3) is 6.08 Å². The lowest BCUT2D eigenvalue weighted by Gasteiger charge is -2.27. The number of hydrogen-bond donors (Lipinski definition) is 1. The van der Waals surface area contributed by atoms with Crippen molar-refractivity contribution < 1.29 is 14.4 Å². The molecule has 32 heavy (non-hydrogen) atoms. The van der Waals surface area contributed by atoms with Gasteiger partial charge in [0.25, 0.3) is 11.8 Å². The third kappa shape index (κ3) is 4.38. The molecule has 3 aromatic carbocycles. The topological polar surface area (TPSA) is 66.5 Å². The van der Waals surface area contributed by atoms with Gasteiger partial charge in [-0.15, -0.1) is 0 Å². The van der Waals surface area contributed by atoms with Crippen molar-refractivity contribution in [2.24, 2.45) is 0 Å². The van der Waals surface area contributed by atoms with Gasteiger partial charge in [0.15, 0.2) is 0 Å². The summed E-state index contributed by atoms with van der Waals surface area (Å²) in [6.45, 7) is 1.79. The highest BCUT2D eigenvalue weighted by atomic mass is 79.9. The number of benzene rings is 3. The lowest BCUT2D eigenvalue weighted by molar-refractivity contribution is -0.122. The van der Waals surface area contributed by atoms with E-state index >= 15 is 0 Å². The number of barbiturate groups is 1. The van der Waals surface area contributed by atoms with E-state index in [4.69, 9.17) is 11.6 Å². The second-order valence-electron chi connectivity index (χ2n) is 7.36. The van der Waals surface area contributed by atoms with Gasteiger partial charge in [0, 0.05) is 15.9 Å². The maximum atomic E-state index is 13.1. The second-order valence-corrected chi connectivity index (χ2v) is 8.62. The average molecular weight is 510 g/mol. The van der Waals surface area contributed by atoms with E-state index in [0.717, 1.165) is 26.1 Å². The van der Waals surface area contributed by atoms with Crippen molar-refractivity contribution in [3.05, 3.63) is 104 Å². The molecule has 4 amide bonds. The largest absolute Gasteiger partial charge is 0.335 e. The lowest BCUT2D eigenvalue weighted by atomic mass is 10.0. The minimum Gasteiger partial charge on any atom is -0.273 e. The predicted molar refractivity (Wildman–Crippen MR) is 129 cm³/mol. The van der Waals surface area contributed by atoms with E-state index in [-0.39, 0.29) is 5.57 Å². The van der Waals surface area contributed by atoms with E-state index in [2.05, 4.69) is 21.2 Å². The van der Waals surface area contributed by atoms with Crippen LogP contribution in [0.5, 0.6) is 0 Å². The Morgan fingerprint density at radius 2 is 1.69 bits per heavy atom. The molecular formula is C25H18BrClN2O3. The number of carbonyl (C=O) groups is 3. The molecule has 0 saturated carbocycles. The normalized spacial score (nSPS) is 15.3. The molecule has 3 aromatic rings. The number of hydrogen-bond acceptors (Lipinski definition) is 3. The molecule has 0 aromatic heterocycles. The number of aryl methyl sites for hydroxylation is 1. The number of urea groups is 1. The molecular weight excluding hydrogens is 492 g/mol. The summed E-state index contributed by atoms with van der Waals surface area (Å²) in [5, 5.41) is 2.76. The Morgan fingerprint density at radius 3 is 2.41 bits per heavy atom. The monoisotopic (exact) mass is 508 g/mol. The van der Waals surface area contributed by atoms with Crippen molar-refractivity contribution in [3.63, 3.8) is 0 Å². The van der Waals surface area contributed by atoms with Gasteiger partial charge in [-0.3, -0.25) is 14.9 Å². The fourth-order valence-electron chi connectivity index (χ4n) is 3.50. The summed E-state index contributed by atoms with van der Waals surface area (Å²) in [6, 6.07) is 19.5. The summed E-state index contributed by atoms with van der Waals surface area (Å²) < 4.78 is 0.993. The zero-order valence-electron chi connectivity index (χ0n) is 17.1. The van der Waals surface area contributed by atoms with E-state index in [1.165, 1.54) is 6.08 Å². The molecule has 0 spiro atoms. The van der Waals surface area contributed by atoms with Crippen molar-refractivity contribution in [1.82, 2.24) is 5.32 Å². The molecule has 5 nitrogen and oxygen atoms in total. The molecule has 1 aliphatic rings. The van der Waals surface area contributed by atoms with Crippen molar-refractivity contribution in [3.8, 4) is 0 Å². The predicted octanol–water partition coefficient (Wildman–Crippen LogP) is 5.67. The highest BCUT2D eigenvalue weighted by molar-refractivity contribution is 9.10. The maximum absolute atomic E-state index is 13.1. The van der Waals surface area contributed by atoms with Crippen LogP contribution in [0.2, 0.25) is 5.02 Å². The third-order valence-electron chi connectivity index (χ3n) is 5.18. The van der Waals surface area contributed by atoms with Gasteiger partial charge in [-0.05, 0) is 53.5 Å². The number of carbonyl (C=O) groups excluding carboxylic acids is 3. The van der Waals surface area contributed by atoms with Gasteiger partial charge < -0.3 is 0 Å². The van der Waals surface area contributed by atoms with Crippen molar-refractivity contribution in [2.45, 2.75) is 13.3 Å². The van der Waals surface area contributed by atoms with Gasteiger partial charge in [-0.1, -0.05) is 76.1 Å². The minimum atomic E-state index is -0.770. The Labute approximate surface area is 198 Å². The van der Waals surface area contributed by atoms with E-state index in [1.54, 1.807) is 37.3 Å². The number of halogens is 2. The zero-order valence-corrected chi connectivity index (χ0v) is 19.4. The molecule has 1 fully saturated rings. The van der Waals surface area contributed by atoms with Gasteiger partial charge >= 0.3 is 6.03 Å². The molecule has 1 N–H and O–H groups in total. The van der Waals surface area contributed by atoms with E-state index in [0.29, 0.717) is 22.7 Å². The Morgan fingerprint density at radius 1 is 0.969 bits per heavy atom. The van der Waals surface area contributed by atoms with Crippen LogP contribution < -0.4 is 10.2 Å². The van der Waals surface area contributed by atoms with E-state index in [9.17, 15) is 14.4 Å². The first-order chi connectivity index (χ1) is 15.3. The number of rotatable bonds is 4. The summed E-state index contributed by atoms with van der Waals surface area (Å²) in [6.07, 6.45) is 2.08. The number of para-hydroxylation sites is 1. The SMILES string of the molecule is Cc1ccccc1N1C(=O)NC(=O)/C(=C\c2ccc(Cc3ccccc3Br)c(Cl)c2)C1=O. The van der Waals surface area contributed by atoms with Gasteiger partial charge in [0.05, 0.1) is 5.69 Å². The minimum absolute atomic E-state index is 0.137. The summed E-state index contributed by atoms with van der Waals surface area (Å²) in [5.41, 5.74) is 3.62. The smallest absolute Gasteiger partial charge is 0.273 e. The van der Waals surface area contributed by atoms with Crippen molar-refractivity contribution in [1.29, 1.82) is 0 Å². The number of imide groups is 2. The highest BCUT2D eigenvalue weighted by Gasteiger charge is 2.37. The fourth-order valence-corrected chi connectivity index (χ4v) is 4.18. The molecule has 0 radical (unpaired) electrons. The number of amides is 4. The Balaban J connectivity index is 1.65. The second kappa shape index (κ2) is 9.10. The van der Waals surface area contributed by atoms with Crippen LogP contribution in [0.1, 0.15) is 22.3 Å². The Hall–Kier alpha value is -3.22. The van der Waals surface area contributed by atoms with Crippen LogP contribution in [0.3, 0.4) is 0 Å². The first-order valence-corrected chi connectivity index (χ1v) is 11.0. The van der Waals surface area contributed by atoms with E-state index < -0.39 is 17.8 Å². The van der Waals surface area contributed by atoms with Crippen molar-refractivity contribution >= 4 is 57.1 Å². The zero-order chi connectivity index (χ0) is 22.8. The number of nitrogens with one attached hydrogen (secondary N) is 1. The van der Waals surface area contributed by atoms with Gasteiger partial charge in [0.1, 0.15) is 5.57 Å². The first kappa shape index (κ1) is 22.0. The number of nitrogens with zero attached hydrogens (tertiary/aromatic N) is 1. The molecule has 1 aliphatic heterocycles. The van der Waals surface area contributed by atoms with Crippen LogP contribution >= 0.6 is 27.5 Å². The van der Waals surface area contributed by atoms with E-state index in [1.807, 2.05) is 36.4 Å². The summed E-state index contributed by atoms with van der Waals surface area (Å²) >= 11 is 10.0. The van der Waals surface area contributed by atoms with Crippen LogP contribution in [0.15, 0.2) is 76.8 Å². The van der Waals surface area contributed by atoms with Crippen LogP contribution in [0, 0.1) is 6.92 Å². The number of anilines is 1. The molecule has 0 unspecified atom stereocenters. The van der Waals surface area contributed by atoms with Gasteiger partial charge in [-0.2, -0.15) is 0 Å². The summed E-state index contributed by atoms with van der Waals surface area (Å²) in [7, 11) is 0. The van der Waals surface area contributed by atoms with Crippen LogP contribution in [0.4, 0.5) is 10.5 Å². The quantitative estimate of drug-likeness (QED) is 0.364. The molecule has 1 heterocycles. The molecule has 4 rings (SSSR count). The van der Waals surface area contributed by atoms with Crippen LogP contribution in [-0.2, 0) is 16.0 Å². The summed E-state index contributed by atoms with van der Waals surface area (Å²) in [4.78, 5) is 38.9. The molecule has 160 valence electrons. The van der Waals surface area contributed by atoms with Gasteiger partial charge in [-0.25, -0.2) is 9.69 Å².